The van der Waals surface area contributed by atoms with Crippen LogP contribution in [0.25, 0.3) is 0 Å². The lowest BCUT2D eigenvalue weighted by molar-refractivity contribution is -0.117. The van der Waals surface area contributed by atoms with Crippen molar-refractivity contribution in [3.05, 3.63) is 57.7 Å². The second-order valence-electron chi connectivity index (χ2n) is 5.30. The Morgan fingerprint density at radius 1 is 0.864 bits per heavy atom. The lowest BCUT2D eigenvalue weighted by atomic mass is 10.2. The summed E-state index contributed by atoms with van der Waals surface area (Å²) in [5, 5.41) is 5.70. The molecule has 22 heavy (non-hydrogen) atoms. The second kappa shape index (κ2) is 6.48. The van der Waals surface area contributed by atoms with Gasteiger partial charge >= 0.3 is 0 Å². The number of rotatable bonds is 4. The molecule has 2 aromatic rings. The van der Waals surface area contributed by atoms with Gasteiger partial charge < -0.3 is 10.6 Å². The molecular weight excluding hydrogens is 391 g/mol. The molecule has 0 atom stereocenters. The Bertz CT molecular complexity index is 692. The zero-order chi connectivity index (χ0) is 15.5. The van der Waals surface area contributed by atoms with E-state index in [4.69, 9.17) is 0 Å². The maximum absolute atomic E-state index is 12.2. The molecule has 1 aliphatic rings. The first kappa shape index (κ1) is 15.0. The van der Waals surface area contributed by atoms with Gasteiger partial charge in [0.1, 0.15) is 0 Å². The number of hydrogen-bond donors (Lipinski definition) is 2. The molecule has 2 N–H and O–H groups in total. The van der Waals surface area contributed by atoms with Crippen LogP contribution in [0.2, 0.25) is 0 Å². The summed E-state index contributed by atoms with van der Waals surface area (Å²) >= 11 is 2.22. The first-order valence-corrected chi connectivity index (χ1v) is 8.17. The van der Waals surface area contributed by atoms with Crippen LogP contribution in [-0.2, 0) is 4.79 Å². The average Bonchev–Trinajstić information content (AvgIpc) is 3.35. The van der Waals surface area contributed by atoms with Crippen LogP contribution < -0.4 is 10.6 Å². The van der Waals surface area contributed by atoms with Crippen molar-refractivity contribution < 1.29 is 9.59 Å². The molecule has 0 unspecified atom stereocenters. The van der Waals surface area contributed by atoms with Crippen LogP contribution in [0.1, 0.15) is 23.2 Å². The molecule has 0 aliphatic heterocycles. The van der Waals surface area contributed by atoms with Gasteiger partial charge in [-0.05, 0) is 84.0 Å². The third-order valence-corrected chi connectivity index (χ3v) is 4.18. The van der Waals surface area contributed by atoms with Crippen molar-refractivity contribution in [1.29, 1.82) is 0 Å². The van der Waals surface area contributed by atoms with E-state index in [0.717, 1.165) is 27.8 Å². The summed E-state index contributed by atoms with van der Waals surface area (Å²) in [4.78, 5) is 23.8. The van der Waals surface area contributed by atoms with Gasteiger partial charge in [0, 0.05) is 26.4 Å². The van der Waals surface area contributed by atoms with Gasteiger partial charge in [-0.15, -0.1) is 0 Å². The Labute approximate surface area is 142 Å². The summed E-state index contributed by atoms with van der Waals surface area (Å²) in [6, 6.07) is 14.5. The van der Waals surface area contributed by atoms with Crippen LogP contribution in [0.15, 0.2) is 48.5 Å². The van der Waals surface area contributed by atoms with Gasteiger partial charge in [-0.1, -0.05) is 0 Å². The minimum Gasteiger partial charge on any atom is -0.326 e. The van der Waals surface area contributed by atoms with Crippen LogP contribution in [-0.4, -0.2) is 11.8 Å². The summed E-state index contributed by atoms with van der Waals surface area (Å²) in [6.45, 7) is 0. The summed E-state index contributed by atoms with van der Waals surface area (Å²) in [6.07, 6.45) is 1.95. The first-order chi connectivity index (χ1) is 10.6. The molecule has 1 aliphatic carbocycles. The molecule has 112 valence electrons. The highest BCUT2D eigenvalue weighted by Crippen LogP contribution is 2.30. The minimum atomic E-state index is -0.165. The van der Waals surface area contributed by atoms with Crippen molar-refractivity contribution in [2.24, 2.45) is 5.92 Å². The highest BCUT2D eigenvalue weighted by atomic mass is 127. The molecule has 0 aromatic heterocycles. The summed E-state index contributed by atoms with van der Waals surface area (Å²) in [7, 11) is 0. The van der Waals surface area contributed by atoms with Crippen molar-refractivity contribution in [2.75, 3.05) is 10.6 Å². The molecule has 4 nitrogen and oxygen atoms in total. The molecule has 0 heterocycles. The quantitative estimate of drug-likeness (QED) is 0.757. The van der Waals surface area contributed by atoms with E-state index < -0.39 is 0 Å². The Morgan fingerprint density at radius 2 is 1.41 bits per heavy atom. The van der Waals surface area contributed by atoms with Crippen LogP contribution in [0, 0.1) is 9.49 Å². The largest absolute Gasteiger partial charge is 0.326 e. The highest BCUT2D eigenvalue weighted by molar-refractivity contribution is 14.1. The predicted molar refractivity (Wildman–Crippen MR) is 94.9 cm³/mol. The molecule has 3 rings (SSSR count). The van der Waals surface area contributed by atoms with Crippen molar-refractivity contribution in [3.63, 3.8) is 0 Å². The lowest BCUT2D eigenvalue weighted by Crippen LogP contribution is -2.14. The average molecular weight is 406 g/mol. The van der Waals surface area contributed by atoms with E-state index in [9.17, 15) is 9.59 Å². The van der Waals surface area contributed by atoms with Gasteiger partial charge in [-0.25, -0.2) is 0 Å². The van der Waals surface area contributed by atoms with Gasteiger partial charge in [-0.2, -0.15) is 0 Å². The van der Waals surface area contributed by atoms with Crippen LogP contribution in [0.3, 0.4) is 0 Å². The normalized spacial score (nSPS) is 13.5. The Hall–Kier alpha value is -1.89. The van der Waals surface area contributed by atoms with E-state index in [1.165, 1.54) is 0 Å². The van der Waals surface area contributed by atoms with Gasteiger partial charge in [0.05, 0.1) is 0 Å². The Kier molecular flexibility index (Phi) is 4.42. The zero-order valence-corrected chi connectivity index (χ0v) is 14.0. The van der Waals surface area contributed by atoms with Crippen LogP contribution in [0.4, 0.5) is 11.4 Å². The number of carbonyl (C=O) groups excluding carboxylic acids is 2. The fraction of sp³-hybridized carbons (Fsp3) is 0.176. The molecule has 0 saturated heterocycles. The van der Waals surface area contributed by atoms with E-state index in [1.54, 1.807) is 24.3 Å². The zero-order valence-electron chi connectivity index (χ0n) is 11.8. The van der Waals surface area contributed by atoms with Gasteiger partial charge in [0.15, 0.2) is 0 Å². The summed E-state index contributed by atoms with van der Waals surface area (Å²) < 4.78 is 1.12. The van der Waals surface area contributed by atoms with Crippen molar-refractivity contribution in [2.45, 2.75) is 12.8 Å². The second-order valence-corrected chi connectivity index (χ2v) is 6.55. The molecular formula is C17H15IN2O2. The number of benzene rings is 2. The van der Waals surface area contributed by atoms with E-state index in [0.29, 0.717) is 5.56 Å². The summed E-state index contributed by atoms with van der Waals surface area (Å²) in [5.74, 6) is 0.0706. The molecule has 1 saturated carbocycles. The maximum atomic E-state index is 12.2. The number of anilines is 2. The fourth-order valence-electron chi connectivity index (χ4n) is 2.03. The highest BCUT2D eigenvalue weighted by Gasteiger charge is 2.29. The van der Waals surface area contributed by atoms with Crippen LogP contribution >= 0.6 is 22.6 Å². The van der Waals surface area contributed by atoms with Gasteiger partial charge in [0.2, 0.25) is 5.91 Å². The van der Waals surface area contributed by atoms with Crippen molar-refractivity contribution >= 4 is 45.8 Å². The fourth-order valence-corrected chi connectivity index (χ4v) is 2.39. The molecule has 2 amide bonds. The SMILES string of the molecule is O=C(Nc1ccc(I)cc1)c1ccc(NC(=O)C2CC2)cc1. The van der Waals surface area contributed by atoms with E-state index in [1.807, 2.05) is 24.3 Å². The molecule has 0 bridgehead atoms. The number of hydrogen-bond acceptors (Lipinski definition) is 2. The number of halogens is 1. The third kappa shape index (κ3) is 3.85. The number of nitrogens with one attached hydrogen (secondary N) is 2. The van der Waals surface area contributed by atoms with Crippen molar-refractivity contribution in [3.8, 4) is 0 Å². The standard InChI is InChI=1S/C17H15IN2O2/c18-13-5-9-15(10-6-13)20-17(22)12-3-7-14(8-4-12)19-16(21)11-1-2-11/h3-11H,1-2H2,(H,19,21)(H,20,22). The monoisotopic (exact) mass is 406 g/mol. The lowest BCUT2D eigenvalue weighted by Gasteiger charge is -2.07. The first-order valence-electron chi connectivity index (χ1n) is 7.10. The minimum absolute atomic E-state index is 0.0658. The van der Waals surface area contributed by atoms with Gasteiger partial charge in [0.25, 0.3) is 5.91 Å². The molecule has 2 aromatic carbocycles. The Balaban J connectivity index is 1.62. The van der Waals surface area contributed by atoms with Gasteiger partial charge in [-0.3, -0.25) is 9.59 Å². The molecule has 5 heteroatoms. The van der Waals surface area contributed by atoms with E-state index in [-0.39, 0.29) is 17.7 Å². The topological polar surface area (TPSA) is 58.2 Å². The molecule has 1 fully saturated rings. The van der Waals surface area contributed by atoms with E-state index >= 15 is 0 Å². The summed E-state index contributed by atoms with van der Waals surface area (Å²) in [5.41, 5.74) is 2.04. The maximum Gasteiger partial charge on any atom is 0.255 e. The van der Waals surface area contributed by atoms with Crippen LogP contribution in [0.5, 0.6) is 0 Å². The van der Waals surface area contributed by atoms with E-state index in [2.05, 4.69) is 33.2 Å². The third-order valence-electron chi connectivity index (χ3n) is 3.46. The number of carbonyl (C=O) groups is 2. The predicted octanol–water partition coefficient (Wildman–Crippen LogP) is 3.89. The smallest absolute Gasteiger partial charge is 0.255 e. The molecule has 0 spiro atoms. The molecule has 0 radical (unpaired) electrons. The van der Waals surface area contributed by atoms with Crippen molar-refractivity contribution in [1.82, 2.24) is 0 Å². The number of amides is 2. The Morgan fingerprint density at radius 3 is 2.00 bits per heavy atom.